The maximum atomic E-state index is 9.66. The van der Waals surface area contributed by atoms with Crippen molar-refractivity contribution in [2.75, 3.05) is 99.7 Å². The predicted molar refractivity (Wildman–Crippen MR) is 209 cm³/mol. The molecule has 0 aromatic heterocycles. The van der Waals surface area contributed by atoms with Crippen molar-refractivity contribution in [1.29, 1.82) is 31.6 Å². The first-order valence-corrected chi connectivity index (χ1v) is 19.6. The second kappa shape index (κ2) is 31.6. The van der Waals surface area contributed by atoms with Gasteiger partial charge in [-0.2, -0.15) is 31.6 Å². The topological polar surface area (TPSA) is 312 Å². The fraction of sp³-hybridized carbons (Fsp3) is 0.725. The summed E-state index contributed by atoms with van der Waals surface area (Å²) in [6.45, 7) is 29.0. The average Bonchev–Trinajstić information content (AvgIpc) is 3.61. The molecule has 0 aromatic rings. The molecule has 3 aliphatic rings. The van der Waals surface area contributed by atoms with Gasteiger partial charge in [0.05, 0.1) is 56.2 Å². The summed E-state index contributed by atoms with van der Waals surface area (Å²) in [7, 11) is 0. The lowest BCUT2D eigenvalue weighted by Gasteiger charge is -2.48. The van der Waals surface area contributed by atoms with Gasteiger partial charge in [-0.05, 0) is 0 Å². The van der Waals surface area contributed by atoms with E-state index in [1.165, 1.54) is 0 Å². The Morgan fingerprint density at radius 2 is 0.836 bits per heavy atom. The van der Waals surface area contributed by atoms with Gasteiger partial charge in [-0.15, -0.1) is 0 Å². The maximum Gasteiger partial charge on any atom is 0.318 e. The third-order valence-electron chi connectivity index (χ3n) is 9.40. The van der Waals surface area contributed by atoms with Crippen molar-refractivity contribution in [1.82, 2.24) is 0 Å². The molecule has 0 aliphatic carbocycles. The van der Waals surface area contributed by atoms with Crippen LogP contribution in [0.2, 0.25) is 0 Å². The van der Waals surface area contributed by atoms with Gasteiger partial charge >= 0.3 is 33.7 Å². The van der Waals surface area contributed by atoms with Gasteiger partial charge in [-0.1, -0.05) is 0 Å². The molecule has 0 aromatic carbocycles. The summed E-state index contributed by atoms with van der Waals surface area (Å²) in [6.07, 6.45) is -18.0. The Hall–Kier alpha value is -6.25. The highest BCUT2D eigenvalue weighted by molar-refractivity contribution is 5.03. The first-order chi connectivity index (χ1) is 32.8. The summed E-state index contributed by atoms with van der Waals surface area (Å²) in [5.74, 6) is -2.24. The largest absolute Gasteiger partial charge is 0.364 e. The van der Waals surface area contributed by atoms with Crippen molar-refractivity contribution in [2.24, 2.45) is 0 Å². The van der Waals surface area contributed by atoms with E-state index in [-0.39, 0.29) is 19.8 Å². The Bertz CT molecular complexity index is 2020. The molecule has 27 heteroatoms. The molecule has 354 valence electrons. The number of hydrogen-bond donors (Lipinski definition) is 0. The van der Waals surface area contributed by atoms with Crippen LogP contribution in [0.15, 0.2) is 0 Å². The lowest BCUT2D eigenvalue weighted by Crippen LogP contribution is -2.66. The van der Waals surface area contributed by atoms with E-state index >= 15 is 0 Å². The van der Waals surface area contributed by atoms with Gasteiger partial charge in [-0.3, -0.25) is 24.2 Å². The van der Waals surface area contributed by atoms with E-state index in [1.54, 1.807) is 0 Å². The summed E-state index contributed by atoms with van der Waals surface area (Å²) >= 11 is 0. The summed E-state index contributed by atoms with van der Waals surface area (Å²) in [5, 5.41) is 56.7. The molecule has 0 spiro atoms. The Morgan fingerprint density at radius 1 is 0.403 bits per heavy atom. The van der Waals surface area contributed by atoms with E-state index in [1.807, 2.05) is 36.4 Å². The van der Waals surface area contributed by atoms with Gasteiger partial charge < -0.3 is 75.8 Å². The summed E-state index contributed by atoms with van der Waals surface area (Å²) in [4.78, 5) is 16.2. The fourth-order valence-electron chi connectivity index (χ4n) is 7.10. The molecule has 0 radical (unpaired) electrons. The number of nitriles is 6. The van der Waals surface area contributed by atoms with Gasteiger partial charge in [0.15, 0.2) is 18.7 Å². The van der Waals surface area contributed by atoms with Gasteiger partial charge in [-0.25, -0.2) is 32.9 Å². The van der Waals surface area contributed by atoms with Crippen LogP contribution < -0.4 is 0 Å². The van der Waals surface area contributed by atoms with E-state index in [0.29, 0.717) is 0 Å². The molecular formula is C40H43N11O16. The Morgan fingerprint density at radius 3 is 1.37 bits per heavy atom. The Balaban J connectivity index is 2.21. The predicted octanol–water partition coefficient (Wildman–Crippen LogP) is 0.221. The molecule has 3 aliphatic heterocycles. The molecule has 0 amide bonds. The van der Waals surface area contributed by atoms with E-state index in [0.717, 1.165) is 0 Å². The molecule has 0 N–H and O–H groups in total. The maximum absolute atomic E-state index is 9.66. The zero-order chi connectivity index (χ0) is 48.7. The lowest BCUT2D eigenvalue weighted by molar-refractivity contribution is -0.397. The highest BCUT2D eigenvalue weighted by Gasteiger charge is 2.63. The number of ether oxygens (including phenoxy) is 16. The van der Waals surface area contributed by atoms with E-state index < -0.39 is 165 Å². The SMILES string of the molecule is [C-]#[N+]COCC1OC(COC[N+]#[C-])(OC2OC(COC3OC(COCC#N)C(OCC#N)C(OCC#N)C3OCC#N)C(OCC#N)C(OCC#N)C2OC[N+]#[C-])C(OC[N+]#[C-])C1OC[N+]#[C-]. The first-order valence-electron chi connectivity index (χ1n) is 19.6. The minimum atomic E-state index is -2.24. The quantitative estimate of drug-likeness (QED) is 0.0687. The number of rotatable bonds is 30. The average molecular weight is 934 g/mol. The highest BCUT2D eigenvalue weighted by atomic mass is 16.8. The molecule has 3 saturated heterocycles. The van der Waals surface area contributed by atoms with Crippen LogP contribution in [-0.2, 0) is 75.8 Å². The number of hydrogen-bond acceptors (Lipinski definition) is 22. The Labute approximate surface area is 385 Å². The smallest absolute Gasteiger partial charge is 0.318 e. The van der Waals surface area contributed by atoms with Crippen molar-refractivity contribution in [3.8, 4) is 36.4 Å². The van der Waals surface area contributed by atoms with E-state index in [2.05, 4.69) is 24.2 Å². The van der Waals surface area contributed by atoms with Crippen molar-refractivity contribution in [2.45, 2.75) is 85.5 Å². The van der Waals surface area contributed by atoms with Crippen LogP contribution in [0.3, 0.4) is 0 Å². The van der Waals surface area contributed by atoms with E-state index in [9.17, 15) is 26.3 Å². The van der Waals surface area contributed by atoms with Crippen LogP contribution in [0, 0.1) is 101 Å². The molecule has 0 bridgehead atoms. The summed E-state index contributed by atoms with van der Waals surface area (Å²) in [5.41, 5.74) is 0. The van der Waals surface area contributed by atoms with Crippen molar-refractivity contribution >= 4 is 0 Å². The van der Waals surface area contributed by atoms with Crippen LogP contribution in [0.25, 0.3) is 24.2 Å². The zero-order valence-electron chi connectivity index (χ0n) is 35.6. The third-order valence-corrected chi connectivity index (χ3v) is 9.40. The minimum absolute atomic E-state index is 0.326. The van der Waals surface area contributed by atoms with E-state index in [4.69, 9.17) is 114 Å². The van der Waals surface area contributed by atoms with Gasteiger partial charge in [0.25, 0.3) is 0 Å². The van der Waals surface area contributed by atoms with Crippen LogP contribution in [0.1, 0.15) is 0 Å². The summed E-state index contributed by atoms with van der Waals surface area (Å²) < 4.78 is 95.5. The van der Waals surface area contributed by atoms with Gasteiger partial charge in [0.1, 0.15) is 107 Å². The first kappa shape index (κ1) is 55.1. The fourth-order valence-corrected chi connectivity index (χ4v) is 7.10. The molecule has 14 unspecified atom stereocenters. The summed E-state index contributed by atoms with van der Waals surface area (Å²) in [6, 6.07) is 11.0. The molecule has 3 fully saturated rings. The molecule has 3 heterocycles. The molecule has 67 heavy (non-hydrogen) atoms. The normalized spacial score (nSPS) is 30.7. The van der Waals surface area contributed by atoms with Crippen molar-refractivity contribution < 1.29 is 75.8 Å². The van der Waals surface area contributed by atoms with Gasteiger partial charge in [0.2, 0.25) is 5.79 Å². The standard InChI is InChI=1S/C40H43N11O16/c1-47-22-53-19-29-32(61-24-49-3)37(63-26-51-5)40(66-29,21-54-23-48-2)67-39-36(62-25-50-4)34(58-16-10-45)31(56-14-8-43)28(65-39)20-60-38-35(59-17-11-46)33(57-15-9-44)30(55-13-7-42)27(64-38)18-52-12-6-41/h27-39H,12-26H2. The Kier molecular flexibility index (Phi) is 26.0. The van der Waals surface area contributed by atoms with Crippen molar-refractivity contribution in [3.63, 3.8) is 0 Å². The third kappa shape index (κ3) is 16.2. The lowest BCUT2D eigenvalue weighted by atomic mass is 9.97. The molecule has 0 saturated carbocycles. The zero-order valence-corrected chi connectivity index (χ0v) is 35.6. The molecule has 3 rings (SSSR count). The second-order valence-electron chi connectivity index (χ2n) is 13.4. The molecular weight excluding hydrogens is 891 g/mol. The molecule has 27 nitrogen and oxygen atoms in total. The van der Waals surface area contributed by atoms with Crippen LogP contribution >= 0.6 is 0 Å². The monoisotopic (exact) mass is 933 g/mol. The van der Waals surface area contributed by atoms with Crippen LogP contribution in [0.5, 0.6) is 0 Å². The van der Waals surface area contributed by atoms with Crippen LogP contribution in [0.4, 0.5) is 0 Å². The van der Waals surface area contributed by atoms with Crippen molar-refractivity contribution in [3.05, 3.63) is 57.1 Å². The second-order valence-corrected chi connectivity index (χ2v) is 13.4. The number of nitrogens with zero attached hydrogens (tertiary/aromatic N) is 11. The van der Waals surface area contributed by atoms with Crippen LogP contribution in [-0.4, -0.2) is 185 Å². The molecule has 14 atom stereocenters. The minimum Gasteiger partial charge on any atom is -0.364 e. The van der Waals surface area contributed by atoms with Gasteiger partial charge in [0, 0.05) is 0 Å². The highest BCUT2D eigenvalue weighted by Crippen LogP contribution is 2.41.